The molecule has 0 saturated carbocycles. The molecule has 0 spiro atoms. The van der Waals surface area contributed by atoms with Crippen LogP contribution in [0.4, 0.5) is 4.79 Å². The lowest BCUT2D eigenvalue weighted by molar-refractivity contribution is -0.137. The van der Waals surface area contributed by atoms with Gasteiger partial charge in [0.05, 0.1) is 6.42 Å². The van der Waals surface area contributed by atoms with Crippen molar-refractivity contribution in [3.05, 3.63) is 0 Å². The number of aliphatic carboxylic acids is 1. The number of carbonyl (C=O) groups is 3. The van der Waals surface area contributed by atoms with Crippen molar-refractivity contribution in [2.75, 3.05) is 20.1 Å². The van der Waals surface area contributed by atoms with Gasteiger partial charge in [-0.1, -0.05) is 0 Å². The number of hydrogen-bond donors (Lipinski definition) is 2. The van der Waals surface area contributed by atoms with Gasteiger partial charge in [0.1, 0.15) is 6.04 Å². The summed E-state index contributed by atoms with van der Waals surface area (Å²) in [6.07, 6.45) is 1.21. The number of urea groups is 1. The third-order valence-corrected chi connectivity index (χ3v) is 2.81. The van der Waals surface area contributed by atoms with Gasteiger partial charge in [-0.2, -0.15) is 0 Å². The molecular weight excluding hydrogens is 226 g/mol. The molecule has 1 aliphatic heterocycles. The Kier molecular flexibility index (Phi) is 4.30. The Morgan fingerprint density at radius 2 is 2.12 bits per heavy atom. The third-order valence-electron chi connectivity index (χ3n) is 2.81. The van der Waals surface area contributed by atoms with Crippen LogP contribution >= 0.6 is 0 Å². The average molecular weight is 243 g/mol. The molecule has 0 aliphatic carbocycles. The normalized spacial score (nSPS) is 19.1. The fourth-order valence-electron chi connectivity index (χ4n) is 1.87. The number of carboxylic acids is 1. The first-order valence-corrected chi connectivity index (χ1v) is 5.46. The van der Waals surface area contributed by atoms with Crippen molar-refractivity contribution in [2.24, 2.45) is 5.73 Å². The average Bonchev–Trinajstić information content (AvgIpc) is 2.73. The zero-order valence-electron chi connectivity index (χ0n) is 9.76. The molecule has 1 rings (SSSR count). The monoisotopic (exact) mass is 243 g/mol. The number of carboxylic acid groups (broad SMARTS) is 1. The summed E-state index contributed by atoms with van der Waals surface area (Å²) in [4.78, 5) is 36.1. The van der Waals surface area contributed by atoms with E-state index in [0.29, 0.717) is 13.0 Å². The van der Waals surface area contributed by atoms with Crippen LogP contribution in [0.15, 0.2) is 0 Å². The minimum atomic E-state index is -0.961. The van der Waals surface area contributed by atoms with E-state index in [4.69, 9.17) is 10.8 Å². The topological polar surface area (TPSA) is 104 Å². The van der Waals surface area contributed by atoms with Crippen molar-refractivity contribution < 1.29 is 19.5 Å². The summed E-state index contributed by atoms with van der Waals surface area (Å²) in [5.41, 5.74) is 5.20. The molecule has 0 bridgehead atoms. The van der Waals surface area contributed by atoms with Crippen LogP contribution in [-0.4, -0.2) is 59.0 Å². The summed E-state index contributed by atoms with van der Waals surface area (Å²) < 4.78 is 0. The molecule has 0 aromatic carbocycles. The lowest BCUT2D eigenvalue weighted by Crippen LogP contribution is -2.49. The number of likely N-dealkylation sites (tertiary alicyclic amines) is 1. The Bertz CT molecular complexity index is 332. The summed E-state index contributed by atoms with van der Waals surface area (Å²) >= 11 is 0. The summed E-state index contributed by atoms with van der Waals surface area (Å²) in [5.74, 6) is -1.47. The predicted molar refractivity (Wildman–Crippen MR) is 59.2 cm³/mol. The highest BCUT2D eigenvalue weighted by molar-refractivity contribution is 5.86. The van der Waals surface area contributed by atoms with Crippen LogP contribution in [0, 0.1) is 0 Å². The van der Waals surface area contributed by atoms with Gasteiger partial charge in [0.25, 0.3) is 0 Å². The van der Waals surface area contributed by atoms with Crippen LogP contribution in [0.25, 0.3) is 0 Å². The maximum atomic E-state index is 11.9. The molecule has 1 unspecified atom stereocenters. The van der Waals surface area contributed by atoms with E-state index in [0.717, 1.165) is 6.42 Å². The van der Waals surface area contributed by atoms with E-state index in [9.17, 15) is 14.4 Å². The van der Waals surface area contributed by atoms with Gasteiger partial charge in [0, 0.05) is 20.1 Å². The number of hydrogen-bond acceptors (Lipinski definition) is 3. The van der Waals surface area contributed by atoms with Crippen molar-refractivity contribution in [3.8, 4) is 0 Å². The second kappa shape index (κ2) is 5.51. The van der Waals surface area contributed by atoms with E-state index in [2.05, 4.69) is 0 Å². The number of rotatable bonds is 4. The van der Waals surface area contributed by atoms with E-state index in [-0.39, 0.29) is 19.0 Å². The summed E-state index contributed by atoms with van der Waals surface area (Å²) in [5, 5.41) is 8.52. The number of amides is 3. The van der Waals surface area contributed by atoms with Gasteiger partial charge in [-0.25, -0.2) is 4.79 Å². The molecule has 96 valence electrons. The Balaban J connectivity index is 2.56. The first-order valence-electron chi connectivity index (χ1n) is 5.46. The molecule has 1 atom stereocenters. The van der Waals surface area contributed by atoms with Crippen molar-refractivity contribution in [1.29, 1.82) is 0 Å². The Morgan fingerprint density at radius 3 is 2.65 bits per heavy atom. The quantitative estimate of drug-likeness (QED) is 0.692. The van der Waals surface area contributed by atoms with E-state index in [1.54, 1.807) is 0 Å². The minimum absolute atomic E-state index is 0.114. The second-order valence-electron chi connectivity index (χ2n) is 4.10. The molecule has 1 fully saturated rings. The molecular formula is C10H17N3O4. The van der Waals surface area contributed by atoms with Gasteiger partial charge < -0.3 is 20.6 Å². The first-order chi connectivity index (χ1) is 7.93. The molecule has 3 N–H and O–H groups in total. The number of nitrogens with two attached hydrogens (primary N) is 1. The van der Waals surface area contributed by atoms with Gasteiger partial charge in [-0.3, -0.25) is 9.59 Å². The molecule has 7 nitrogen and oxygen atoms in total. The van der Waals surface area contributed by atoms with Gasteiger partial charge >= 0.3 is 12.0 Å². The SMILES string of the molecule is CN(CCC(=O)O)C(=O)N1CCCC1C(N)=O. The maximum absolute atomic E-state index is 11.9. The fraction of sp³-hybridized carbons (Fsp3) is 0.700. The molecule has 1 saturated heterocycles. The van der Waals surface area contributed by atoms with Gasteiger partial charge in [0.2, 0.25) is 5.91 Å². The largest absolute Gasteiger partial charge is 0.481 e. The van der Waals surface area contributed by atoms with Crippen LogP contribution in [0.1, 0.15) is 19.3 Å². The predicted octanol–water partition coefficient (Wildman–Crippen LogP) is -0.537. The van der Waals surface area contributed by atoms with Crippen LogP contribution in [0.3, 0.4) is 0 Å². The van der Waals surface area contributed by atoms with Crippen molar-refractivity contribution >= 4 is 17.9 Å². The third kappa shape index (κ3) is 3.33. The maximum Gasteiger partial charge on any atom is 0.320 e. The minimum Gasteiger partial charge on any atom is -0.481 e. The summed E-state index contributed by atoms with van der Waals surface area (Å²) in [7, 11) is 1.52. The van der Waals surface area contributed by atoms with Gasteiger partial charge in [-0.15, -0.1) is 0 Å². The van der Waals surface area contributed by atoms with E-state index >= 15 is 0 Å². The highest BCUT2D eigenvalue weighted by Crippen LogP contribution is 2.18. The Labute approximate surface area is 99.2 Å². The lowest BCUT2D eigenvalue weighted by atomic mass is 10.2. The molecule has 1 aliphatic rings. The van der Waals surface area contributed by atoms with Crippen molar-refractivity contribution in [2.45, 2.75) is 25.3 Å². The second-order valence-corrected chi connectivity index (χ2v) is 4.10. The Hall–Kier alpha value is -1.79. The highest BCUT2D eigenvalue weighted by atomic mass is 16.4. The smallest absolute Gasteiger partial charge is 0.320 e. The van der Waals surface area contributed by atoms with Crippen molar-refractivity contribution in [1.82, 2.24) is 9.80 Å². The fourth-order valence-corrected chi connectivity index (χ4v) is 1.87. The van der Waals surface area contributed by atoms with Crippen LogP contribution < -0.4 is 5.73 Å². The zero-order chi connectivity index (χ0) is 13.0. The van der Waals surface area contributed by atoms with Crippen molar-refractivity contribution in [3.63, 3.8) is 0 Å². The molecule has 0 aromatic heterocycles. The molecule has 3 amide bonds. The summed E-state index contributed by atoms with van der Waals surface area (Å²) in [6.45, 7) is 0.611. The van der Waals surface area contributed by atoms with Gasteiger partial charge in [0.15, 0.2) is 0 Å². The molecule has 7 heteroatoms. The van der Waals surface area contributed by atoms with Crippen LogP contribution in [0.5, 0.6) is 0 Å². The lowest BCUT2D eigenvalue weighted by Gasteiger charge is -2.27. The molecule has 0 aromatic rings. The highest BCUT2D eigenvalue weighted by Gasteiger charge is 2.34. The van der Waals surface area contributed by atoms with E-state index < -0.39 is 17.9 Å². The van der Waals surface area contributed by atoms with E-state index in [1.165, 1.54) is 16.8 Å². The molecule has 17 heavy (non-hydrogen) atoms. The number of primary amides is 1. The van der Waals surface area contributed by atoms with E-state index in [1.807, 2.05) is 0 Å². The standard InChI is InChI=1S/C10H17N3O4/c1-12(6-4-8(14)15)10(17)13-5-2-3-7(13)9(11)16/h7H,2-6H2,1H3,(H2,11,16)(H,14,15). The zero-order valence-corrected chi connectivity index (χ0v) is 9.76. The number of nitrogens with zero attached hydrogens (tertiary/aromatic N) is 2. The first kappa shape index (κ1) is 13.3. The van der Waals surface area contributed by atoms with Crippen LogP contribution in [-0.2, 0) is 9.59 Å². The van der Waals surface area contributed by atoms with Crippen LogP contribution in [0.2, 0.25) is 0 Å². The number of carbonyl (C=O) groups excluding carboxylic acids is 2. The molecule has 1 heterocycles. The molecule has 0 radical (unpaired) electrons. The summed E-state index contributed by atoms with van der Waals surface area (Å²) in [6, 6.07) is -0.901. The Morgan fingerprint density at radius 1 is 1.47 bits per heavy atom. The van der Waals surface area contributed by atoms with Gasteiger partial charge in [-0.05, 0) is 12.8 Å².